The first-order chi connectivity index (χ1) is 4.97. The quantitative estimate of drug-likeness (QED) is 0.442. The molecule has 0 atom stereocenters. The summed E-state index contributed by atoms with van der Waals surface area (Å²) in [5.74, 6) is 0. The first kappa shape index (κ1) is 8.48. The minimum absolute atomic E-state index is 0.0139. The molecule has 0 amide bonds. The summed E-state index contributed by atoms with van der Waals surface area (Å²) in [4.78, 5) is 13.9. The second kappa shape index (κ2) is 2.46. The highest BCUT2D eigenvalue weighted by atomic mass is 16.1. The fraction of sp³-hybridized carbons (Fsp3) is 0.889. The summed E-state index contributed by atoms with van der Waals surface area (Å²) in [5, 5.41) is 0. The number of hydrogen-bond donors (Lipinski definition) is 0. The van der Waals surface area contributed by atoms with E-state index in [1.54, 1.807) is 6.08 Å². The summed E-state index contributed by atoms with van der Waals surface area (Å²) in [6.45, 7) is 6.52. The molecule has 0 unspecified atom stereocenters. The molecular weight excluding hydrogens is 138 g/mol. The zero-order chi connectivity index (χ0) is 8.54. The van der Waals surface area contributed by atoms with E-state index in [0.717, 1.165) is 19.3 Å². The van der Waals surface area contributed by atoms with Crippen molar-refractivity contribution in [1.29, 1.82) is 0 Å². The Morgan fingerprint density at radius 2 is 2.00 bits per heavy atom. The lowest BCUT2D eigenvalue weighted by Gasteiger charge is -2.21. The molecular formula is C9H15NO. The van der Waals surface area contributed by atoms with Crippen molar-refractivity contribution >= 4 is 6.08 Å². The van der Waals surface area contributed by atoms with Gasteiger partial charge in [-0.15, -0.1) is 0 Å². The third-order valence-corrected chi connectivity index (χ3v) is 1.97. The SMILES string of the molecule is CC(C)(C)CC1(N=C=O)CC1. The van der Waals surface area contributed by atoms with Gasteiger partial charge in [-0.25, -0.2) is 4.79 Å². The van der Waals surface area contributed by atoms with E-state index >= 15 is 0 Å². The third-order valence-electron chi connectivity index (χ3n) is 1.97. The van der Waals surface area contributed by atoms with Crippen molar-refractivity contribution in [3.63, 3.8) is 0 Å². The third kappa shape index (κ3) is 2.47. The van der Waals surface area contributed by atoms with E-state index in [-0.39, 0.29) is 11.0 Å². The number of carbonyl (C=O) groups excluding carboxylic acids is 1. The average molecular weight is 153 g/mol. The average Bonchev–Trinajstić information content (AvgIpc) is 2.44. The maximum absolute atomic E-state index is 10.1. The standard InChI is InChI=1S/C9H15NO/c1-8(2,3)6-9(4-5-9)10-7-11/h4-6H2,1-3H3. The van der Waals surface area contributed by atoms with Gasteiger partial charge < -0.3 is 0 Å². The molecule has 0 aromatic rings. The molecule has 0 aliphatic heterocycles. The van der Waals surface area contributed by atoms with Gasteiger partial charge in [0.05, 0.1) is 5.54 Å². The lowest BCUT2D eigenvalue weighted by Crippen LogP contribution is -2.16. The van der Waals surface area contributed by atoms with Gasteiger partial charge in [0.15, 0.2) is 0 Å². The van der Waals surface area contributed by atoms with Gasteiger partial charge in [-0.05, 0) is 24.7 Å². The number of nitrogens with zero attached hydrogens (tertiary/aromatic N) is 1. The summed E-state index contributed by atoms with van der Waals surface area (Å²) in [7, 11) is 0. The smallest absolute Gasteiger partial charge is 0.211 e. The van der Waals surface area contributed by atoms with E-state index in [0.29, 0.717) is 0 Å². The fourth-order valence-corrected chi connectivity index (χ4v) is 1.56. The molecule has 0 saturated heterocycles. The van der Waals surface area contributed by atoms with E-state index in [2.05, 4.69) is 25.8 Å². The molecule has 1 aliphatic rings. The van der Waals surface area contributed by atoms with Crippen LogP contribution in [-0.4, -0.2) is 11.6 Å². The molecule has 1 saturated carbocycles. The van der Waals surface area contributed by atoms with E-state index in [4.69, 9.17) is 0 Å². The van der Waals surface area contributed by atoms with Gasteiger partial charge >= 0.3 is 0 Å². The molecule has 2 heteroatoms. The highest BCUT2D eigenvalue weighted by molar-refractivity contribution is 5.36. The molecule has 0 radical (unpaired) electrons. The van der Waals surface area contributed by atoms with Crippen LogP contribution in [0.5, 0.6) is 0 Å². The highest BCUT2D eigenvalue weighted by Gasteiger charge is 2.45. The Kier molecular flexibility index (Phi) is 1.89. The van der Waals surface area contributed by atoms with Gasteiger partial charge in [-0.2, -0.15) is 4.99 Å². The Morgan fingerprint density at radius 3 is 2.27 bits per heavy atom. The summed E-state index contributed by atoms with van der Waals surface area (Å²) < 4.78 is 0. The van der Waals surface area contributed by atoms with Gasteiger partial charge in [-0.1, -0.05) is 20.8 Å². The Labute approximate surface area is 67.7 Å². The van der Waals surface area contributed by atoms with Crippen LogP contribution in [0.2, 0.25) is 0 Å². The van der Waals surface area contributed by atoms with Crippen molar-refractivity contribution < 1.29 is 4.79 Å². The molecule has 0 spiro atoms. The number of aliphatic imine (C=N–C) groups is 1. The van der Waals surface area contributed by atoms with E-state index in [1.165, 1.54) is 0 Å². The van der Waals surface area contributed by atoms with Gasteiger partial charge in [0.25, 0.3) is 0 Å². The second-order valence-corrected chi connectivity index (χ2v) is 4.66. The molecule has 2 nitrogen and oxygen atoms in total. The maximum Gasteiger partial charge on any atom is 0.235 e. The van der Waals surface area contributed by atoms with E-state index in [1.807, 2.05) is 0 Å². The normalized spacial score (nSPS) is 20.6. The van der Waals surface area contributed by atoms with Crippen LogP contribution in [0.4, 0.5) is 0 Å². The Balaban J connectivity index is 2.55. The molecule has 0 bridgehead atoms. The molecule has 1 fully saturated rings. The van der Waals surface area contributed by atoms with Gasteiger partial charge in [-0.3, -0.25) is 0 Å². The van der Waals surface area contributed by atoms with Crippen LogP contribution < -0.4 is 0 Å². The van der Waals surface area contributed by atoms with Crippen LogP contribution in [0.1, 0.15) is 40.0 Å². The fourth-order valence-electron chi connectivity index (χ4n) is 1.56. The lowest BCUT2D eigenvalue weighted by atomic mass is 9.87. The topological polar surface area (TPSA) is 29.4 Å². The number of hydrogen-bond acceptors (Lipinski definition) is 2. The van der Waals surface area contributed by atoms with E-state index < -0.39 is 0 Å². The lowest BCUT2D eigenvalue weighted by molar-refractivity contribution is 0.330. The Morgan fingerprint density at radius 1 is 1.45 bits per heavy atom. The largest absolute Gasteiger partial charge is 0.235 e. The number of isocyanates is 1. The summed E-state index contributed by atoms with van der Waals surface area (Å²) >= 11 is 0. The molecule has 11 heavy (non-hydrogen) atoms. The van der Waals surface area contributed by atoms with Crippen molar-refractivity contribution in [3.8, 4) is 0 Å². The van der Waals surface area contributed by atoms with Crippen LogP contribution in [-0.2, 0) is 4.79 Å². The molecule has 1 aliphatic carbocycles. The molecule has 0 N–H and O–H groups in total. The summed E-state index contributed by atoms with van der Waals surface area (Å²) in [6, 6.07) is 0. The van der Waals surface area contributed by atoms with Gasteiger partial charge in [0.2, 0.25) is 6.08 Å². The van der Waals surface area contributed by atoms with Crippen molar-refractivity contribution in [2.24, 2.45) is 10.4 Å². The van der Waals surface area contributed by atoms with Crippen molar-refractivity contribution in [1.82, 2.24) is 0 Å². The van der Waals surface area contributed by atoms with Gasteiger partial charge in [0, 0.05) is 0 Å². The van der Waals surface area contributed by atoms with Gasteiger partial charge in [0.1, 0.15) is 0 Å². The second-order valence-electron chi connectivity index (χ2n) is 4.66. The monoisotopic (exact) mass is 153 g/mol. The molecule has 1 rings (SSSR count). The maximum atomic E-state index is 10.1. The molecule has 62 valence electrons. The predicted octanol–water partition coefficient (Wildman–Crippen LogP) is 2.29. The van der Waals surface area contributed by atoms with Crippen LogP contribution in [0.15, 0.2) is 4.99 Å². The first-order valence-electron chi connectivity index (χ1n) is 4.07. The minimum atomic E-state index is -0.0139. The van der Waals surface area contributed by atoms with Crippen LogP contribution in [0.25, 0.3) is 0 Å². The number of rotatable bonds is 2. The zero-order valence-corrected chi connectivity index (χ0v) is 7.48. The first-order valence-corrected chi connectivity index (χ1v) is 4.07. The van der Waals surface area contributed by atoms with E-state index in [9.17, 15) is 4.79 Å². The molecule has 0 aromatic carbocycles. The summed E-state index contributed by atoms with van der Waals surface area (Å²) in [5.41, 5.74) is 0.261. The molecule has 0 heterocycles. The van der Waals surface area contributed by atoms with Crippen LogP contribution in [0, 0.1) is 5.41 Å². The minimum Gasteiger partial charge on any atom is -0.211 e. The Bertz CT molecular complexity index is 192. The highest BCUT2D eigenvalue weighted by Crippen LogP contribution is 2.47. The van der Waals surface area contributed by atoms with Crippen molar-refractivity contribution in [2.45, 2.75) is 45.6 Å². The van der Waals surface area contributed by atoms with Crippen molar-refractivity contribution in [3.05, 3.63) is 0 Å². The van der Waals surface area contributed by atoms with Crippen LogP contribution in [0.3, 0.4) is 0 Å². The molecule has 0 aromatic heterocycles. The summed E-state index contributed by atoms with van der Waals surface area (Å²) in [6.07, 6.45) is 4.82. The van der Waals surface area contributed by atoms with Crippen molar-refractivity contribution in [2.75, 3.05) is 0 Å². The van der Waals surface area contributed by atoms with Crippen LogP contribution >= 0.6 is 0 Å². The zero-order valence-electron chi connectivity index (χ0n) is 7.48. The Hall–Kier alpha value is -0.620. The predicted molar refractivity (Wildman–Crippen MR) is 44.2 cm³/mol.